The Morgan fingerprint density at radius 3 is 2.71 bits per heavy atom. The highest BCUT2D eigenvalue weighted by Gasteiger charge is 2.58. The summed E-state index contributed by atoms with van der Waals surface area (Å²) in [7, 11) is 0. The average Bonchev–Trinajstić information content (AvgIpc) is 2.55. The molecule has 0 saturated carbocycles. The molecule has 2 nitrogen and oxygen atoms in total. The molecule has 21 heavy (non-hydrogen) atoms. The lowest BCUT2D eigenvalue weighted by Crippen LogP contribution is -2.44. The van der Waals surface area contributed by atoms with Crippen molar-refractivity contribution < 1.29 is 17.9 Å². The highest BCUT2D eigenvalue weighted by molar-refractivity contribution is 6.30. The van der Waals surface area contributed by atoms with Crippen LogP contribution in [0, 0.1) is 17.8 Å². The van der Waals surface area contributed by atoms with Gasteiger partial charge in [0.25, 0.3) is 5.60 Å². The van der Waals surface area contributed by atoms with Crippen LogP contribution >= 0.6 is 11.6 Å². The third kappa shape index (κ3) is 3.07. The fourth-order valence-electron chi connectivity index (χ4n) is 1.93. The molecule has 2 rings (SSSR count). The lowest BCUT2D eigenvalue weighted by atomic mass is 9.91. The van der Waals surface area contributed by atoms with E-state index >= 15 is 0 Å². The number of fused-ring (bicyclic) bond motifs is 1. The largest absolute Gasteiger partial charge is 0.433 e. The van der Waals surface area contributed by atoms with Gasteiger partial charge in [0.05, 0.1) is 12.3 Å². The molecule has 0 aliphatic carbocycles. The summed E-state index contributed by atoms with van der Waals surface area (Å²) in [6.07, 6.45) is -3.42. The van der Waals surface area contributed by atoms with Crippen LogP contribution in [0.3, 0.4) is 0 Å². The van der Waals surface area contributed by atoms with Gasteiger partial charge in [-0.05, 0) is 18.2 Å². The normalized spacial score (nSPS) is 21.5. The first-order valence-electron chi connectivity index (χ1n) is 6.32. The van der Waals surface area contributed by atoms with E-state index in [1.54, 1.807) is 13.8 Å². The van der Waals surface area contributed by atoms with E-state index < -0.39 is 11.8 Å². The SMILES string of the molecule is CC(C)C#CC1(C(F)(F)F)OCC=Nc2ccc(Cl)cc21. The molecule has 0 radical (unpaired) electrons. The van der Waals surface area contributed by atoms with Crippen molar-refractivity contribution in [2.45, 2.75) is 25.6 Å². The van der Waals surface area contributed by atoms with Crippen LogP contribution in [0.5, 0.6) is 0 Å². The van der Waals surface area contributed by atoms with Gasteiger partial charge in [-0.2, -0.15) is 13.2 Å². The first-order chi connectivity index (χ1) is 9.76. The molecule has 1 aliphatic heterocycles. The molecule has 0 bridgehead atoms. The lowest BCUT2D eigenvalue weighted by molar-refractivity contribution is -0.253. The van der Waals surface area contributed by atoms with Crippen LogP contribution in [0.4, 0.5) is 18.9 Å². The molecule has 1 aliphatic rings. The third-order valence-corrected chi connectivity index (χ3v) is 3.11. The minimum Gasteiger partial charge on any atom is -0.344 e. The van der Waals surface area contributed by atoms with Gasteiger partial charge in [0.2, 0.25) is 0 Å². The Kier molecular flexibility index (Phi) is 4.31. The molecule has 0 aromatic heterocycles. The summed E-state index contributed by atoms with van der Waals surface area (Å²) in [6.45, 7) is 3.14. The first-order valence-corrected chi connectivity index (χ1v) is 6.70. The molecule has 112 valence electrons. The van der Waals surface area contributed by atoms with E-state index in [9.17, 15) is 13.2 Å². The predicted octanol–water partition coefficient (Wildman–Crippen LogP) is 4.49. The molecular formula is C15H13ClF3NO. The van der Waals surface area contributed by atoms with Crippen LogP contribution in [-0.2, 0) is 10.3 Å². The molecule has 6 heteroatoms. The molecule has 0 saturated heterocycles. The second-order valence-electron chi connectivity index (χ2n) is 4.89. The maximum Gasteiger partial charge on any atom is 0.433 e. The summed E-state index contributed by atoms with van der Waals surface area (Å²) < 4.78 is 46.2. The zero-order valence-electron chi connectivity index (χ0n) is 11.5. The number of alkyl halides is 3. The highest BCUT2D eigenvalue weighted by Crippen LogP contribution is 2.47. The second kappa shape index (κ2) is 5.70. The molecule has 1 atom stereocenters. The number of ether oxygens (including phenoxy) is 1. The third-order valence-electron chi connectivity index (χ3n) is 2.88. The maximum absolute atomic E-state index is 13.7. The Bertz CT molecular complexity index is 628. The van der Waals surface area contributed by atoms with Crippen LogP contribution < -0.4 is 0 Å². The fourth-order valence-corrected chi connectivity index (χ4v) is 2.11. The standard InChI is InChI=1S/C15H13ClF3NO/c1-10(2)5-6-14(15(17,18)19)12-9-11(16)3-4-13(12)20-7-8-21-14/h3-4,7,9-10H,8H2,1-2H3. The maximum atomic E-state index is 13.7. The summed E-state index contributed by atoms with van der Waals surface area (Å²) in [5.74, 6) is 4.60. The van der Waals surface area contributed by atoms with Crippen molar-refractivity contribution in [3.05, 3.63) is 28.8 Å². The van der Waals surface area contributed by atoms with E-state index in [1.165, 1.54) is 24.4 Å². The summed E-state index contributed by atoms with van der Waals surface area (Å²) in [4.78, 5) is 3.99. The Labute approximate surface area is 126 Å². The van der Waals surface area contributed by atoms with Crippen molar-refractivity contribution >= 4 is 23.5 Å². The van der Waals surface area contributed by atoms with Gasteiger partial charge in [-0.25, -0.2) is 0 Å². The minimum absolute atomic E-state index is 0.160. The predicted molar refractivity (Wildman–Crippen MR) is 75.9 cm³/mol. The zero-order valence-corrected chi connectivity index (χ0v) is 12.2. The van der Waals surface area contributed by atoms with E-state index in [0.717, 1.165) is 0 Å². The Morgan fingerprint density at radius 1 is 1.38 bits per heavy atom. The van der Waals surface area contributed by atoms with Gasteiger partial charge in [-0.1, -0.05) is 37.3 Å². The smallest absolute Gasteiger partial charge is 0.344 e. The van der Waals surface area contributed by atoms with Crippen LogP contribution in [0.25, 0.3) is 0 Å². The number of nitrogens with zero attached hydrogens (tertiary/aromatic N) is 1. The number of aliphatic imine (C=N–C) groups is 1. The van der Waals surface area contributed by atoms with Crippen molar-refractivity contribution in [2.75, 3.05) is 6.61 Å². The molecule has 0 spiro atoms. The lowest BCUT2D eigenvalue weighted by Gasteiger charge is -2.31. The molecule has 0 fully saturated rings. The van der Waals surface area contributed by atoms with Crippen LogP contribution in [0.2, 0.25) is 5.02 Å². The summed E-state index contributed by atoms with van der Waals surface area (Å²) in [5.41, 5.74) is -2.73. The number of halogens is 4. The van der Waals surface area contributed by atoms with Crippen molar-refractivity contribution in [3.63, 3.8) is 0 Å². The quantitative estimate of drug-likeness (QED) is 0.646. The molecular weight excluding hydrogens is 303 g/mol. The van der Waals surface area contributed by atoms with Gasteiger partial charge in [-0.15, -0.1) is 0 Å². The zero-order chi connectivity index (χ0) is 15.7. The summed E-state index contributed by atoms with van der Waals surface area (Å²) >= 11 is 5.85. The van der Waals surface area contributed by atoms with Gasteiger partial charge in [0, 0.05) is 22.7 Å². The Morgan fingerprint density at radius 2 is 2.10 bits per heavy atom. The van der Waals surface area contributed by atoms with Crippen molar-refractivity contribution in [1.82, 2.24) is 0 Å². The van der Waals surface area contributed by atoms with Crippen LogP contribution in [0.15, 0.2) is 23.2 Å². The molecule has 1 aromatic carbocycles. The van der Waals surface area contributed by atoms with Gasteiger partial charge < -0.3 is 4.74 Å². The number of rotatable bonds is 0. The number of hydrogen-bond donors (Lipinski definition) is 0. The molecule has 0 amide bonds. The van der Waals surface area contributed by atoms with E-state index in [4.69, 9.17) is 16.3 Å². The van der Waals surface area contributed by atoms with Crippen molar-refractivity contribution in [2.24, 2.45) is 10.9 Å². The molecule has 0 N–H and O–H groups in total. The topological polar surface area (TPSA) is 21.6 Å². The van der Waals surface area contributed by atoms with E-state index in [-0.39, 0.29) is 28.8 Å². The van der Waals surface area contributed by atoms with E-state index in [2.05, 4.69) is 16.8 Å². The Hall–Kier alpha value is -1.51. The second-order valence-corrected chi connectivity index (χ2v) is 5.32. The first kappa shape index (κ1) is 15.9. The number of benzene rings is 1. The number of hydrogen-bond acceptors (Lipinski definition) is 2. The van der Waals surface area contributed by atoms with Gasteiger partial charge >= 0.3 is 6.18 Å². The van der Waals surface area contributed by atoms with Gasteiger partial charge in [0.15, 0.2) is 0 Å². The van der Waals surface area contributed by atoms with Crippen molar-refractivity contribution in [3.8, 4) is 11.8 Å². The summed E-state index contributed by atoms with van der Waals surface area (Å²) in [5, 5.41) is 0.175. The molecule has 1 aromatic rings. The highest BCUT2D eigenvalue weighted by atomic mass is 35.5. The van der Waals surface area contributed by atoms with Crippen LogP contribution in [0.1, 0.15) is 19.4 Å². The fraction of sp³-hybridized carbons (Fsp3) is 0.400. The van der Waals surface area contributed by atoms with Gasteiger partial charge in [-0.3, -0.25) is 4.99 Å². The molecule has 1 unspecified atom stereocenters. The minimum atomic E-state index is -4.71. The van der Waals surface area contributed by atoms with Crippen molar-refractivity contribution in [1.29, 1.82) is 0 Å². The van der Waals surface area contributed by atoms with E-state index in [1.807, 2.05) is 0 Å². The molecule has 1 heterocycles. The van der Waals surface area contributed by atoms with Gasteiger partial charge in [0.1, 0.15) is 0 Å². The Balaban J connectivity index is 2.73. The average molecular weight is 316 g/mol. The summed E-state index contributed by atoms with van der Waals surface area (Å²) in [6, 6.07) is 4.13. The monoisotopic (exact) mass is 315 g/mol. The van der Waals surface area contributed by atoms with Crippen LogP contribution in [-0.4, -0.2) is 19.0 Å². The van der Waals surface area contributed by atoms with E-state index in [0.29, 0.717) is 0 Å².